The fourth-order valence-electron chi connectivity index (χ4n) is 2.14. The van der Waals surface area contributed by atoms with Gasteiger partial charge in [0.25, 0.3) is 15.9 Å². The molecule has 7 nitrogen and oxygen atoms in total. The van der Waals surface area contributed by atoms with E-state index in [-0.39, 0.29) is 27.7 Å². The van der Waals surface area contributed by atoms with Gasteiger partial charge in [-0.15, -0.1) is 4.41 Å². The predicted molar refractivity (Wildman–Crippen MR) is 60.9 cm³/mol. The van der Waals surface area contributed by atoms with Gasteiger partial charge in [-0.2, -0.15) is 13.4 Å². The van der Waals surface area contributed by atoms with Crippen molar-refractivity contribution in [3.8, 4) is 0 Å². The molecule has 0 spiro atoms. The number of rotatable bonds is 1. The van der Waals surface area contributed by atoms with Gasteiger partial charge in [0.05, 0.1) is 5.56 Å². The van der Waals surface area contributed by atoms with Crippen LogP contribution in [0.25, 0.3) is 0 Å². The molecule has 0 N–H and O–H groups in total. The molecule has 0 atom stereocenters. The first kappa shape index (κ1) is 11.8. The number of hydrogen-bond donors (Lipinski definition) is 0. The van der Waals surface area contributed by atoms with Gasteiger partial charge in [-0.05, 0) is 12.1 Å². The Kier molecular flexibility index (Phi) is 2.27. The molecule has 3 rings (SSSR count). The molecule has 1 fully saturated rings. The second kappa shape index (κ2) is 3.64. The van der Waals surface area contributed by atoms with Crippen LogP contribution in [0.5, 0.6) is 0 Å². The number of imide groups is 1. The Bertz CT molecular complexity index is 708. The van der Waals surface area contributed by atoms with Crippen LogP contribution in [0.3, 0.4) is 0 Å². The second-order valence-corrected chi connectivity index (χ2v) is 5.88. The number of benzene rings is 1. The minimum atomic E-state index is -4.18. The number of amides is 3. The monoisotopic (exact) mass is 280 g/mol. The molecule has 0 saturated carbocycles. The molecule has 2 heterocycles. The van der Waals surface area contributed by atoms with Gasteiger partial charge in [0.1, 0.15) is 4.90 Å². The van der Waals surface area contributed by atoms with Gasteiger partial charge in [-0.3, -0.25) is 14.4 Å². The Morgan fingerprint density at radius 3 is 2.11 bits per heavy atom. The molecule has 1 aromatic carbocycles. The topological polar surface area (TPSA) is 91.8 Å². The molecule has 0 aromatic heterocycles. The van der Waals surface area contributed by atoms with Crippen LogP contribution in [0.1, 0.15) is 23.2 Å². The summed E-state index contributed by atoms with van der Waals surface area (Å²) in [5.41, 5.74) is -0.0324. The lowest BCUT2D eigenvalue weighted by molar-refractivity contribution is -0.147. The van der Waals surface area contributed by atoms with Gasteiger partial charge in [0.2, 0.25) is 11.8 Å². The molecule has 0 unspecified atom stereocenters. The fourth-order valence-corrected chi connectivity index (χ4v) is 3.72. The summed E-state index contributed by atoms with van der Waals surface area (Å²) in [4.78, 5) is 35.1. The maximum atomic E-state index is 12.2. The standard InChI is InChI=1S/C11H8N2O5S/c14-9-5-6-10(15)12(9)13-11(16)7-3-1-2-4-8(7)19(13,17)18/h1-4H,5-6H2. The molecule has 8 heteroatoms. The molecular formula is C11H8N2O5S. The molecule has 3 amide bonds. The third-order valence-electron chi connectivity index (χ3n) is 3.00. The number of hydrogen-bond acceptors (Lipinski definition) is 5. The Labute approximate surface area is 108 Å². The quantitative estimate of drug-likeness (QED) is 0.669. The number of fused-ring (bicyclic) bond motifs is 1. The number of carbonyl (C=O) groups excluding carboxylic acids is 3. The van der Waals surface area contributed by atoms with E-state index >= 15 is 0 Å². The summed E-state index contributed by atoms with van der Waals surface area (Å²) < 4.78 is 24.7. The molecule has 0 aliphatic carbocycles. The Morgan fingerprint density at radius 2 is 1.53 bits per heavy atom. The molecule has 1 aromatic rings. The predicted octanol–water partition coefficient (Wildman–Crippen LogP) is -0.105. The lowest BCUT2D eigenvalue weighted by Crippen LogP contribution is -2.49. The lowest BCUT2D eigenvalue weighted by atomic mass is 10.2. The van der Waals surface area contributed by atoms with E-state index < -0.39 is 27.7 Å². The fraction of sp³-hybridized carbons (Fsp3) is 0.182. The van der Waals surface area contributed by atoms with Crippen LogP contribution in [0, 0.1) is 0 Å². The van der Waals surface area contributed by atoms with E-state index in [0.29, 0.717) is 5.01 Å². The van der Waals surface area contributed by atoms with Gasteiger partial charge in [0, 0.05) is 12.8 Å². The second-order valence-electron chi connectivity index (χ2n) is 4.15. The zero-order valence-electron chi connectivity index (χ0n) is 9.57. The summed E-state index contributed by atoms with van der Waals surface area (Å²) >= 11 is 0. The van der Waals surface area contributed by atoms with E-state index in [1.165, 1.54) is 24.3 Å². The summed E-state index contributed by atoms with van der Waals surface area (Å²) in [6, 6.07) is 5.61. The highest BCUT2D eigenvalue weighted by Crippen LogP contribution is 2.33. The highest BCUT2D eigenvalue weighted by molar-refractivity contribution is 7.90. The summed E-state index contributed by atoms with van der Waals surface area (Å²) in [7, 11) is -4.18. The van der Waals surface area contributed by atoms with E-state index in [2.05, 4.69) is 0 Å². The first-order valence-corrected chi connectivity index (χ1v) is 6.93. The Balaban J connectivity index is 2.19. The summed E-state index contributed by atoms with van der Waals surface area (Å²) in [5.74, 6) is -2.25. The average molecular weight is 280 g/mol. The normalized spacial score (nSPS) is 21.2. The first-order chi connectivity index (χ1) is 8.94. The van der Waals surface area contributed by atoms with Crippen molar-refractivity contribution in [3.63, 3.8) is 0 Å². The number of sulfonamides is 1. The summed E-state index contributed by atoms with van der Waals surface area (Å²) in [6.07, 6.45) is -0.178. The zero-order valence-corrected chi connectivity index (χ0v) is 10.4. The van der Waals surface area contributed by atoms with Crippen LogP contribution in [0.2, 0.25) is 0 Å². The molecule has 98 valence electrons. The van der Waals surface area contributed by atoms with Crippen molar-refractivity contribution >= 4 is 27.7 Å². The van der Waals surface area contributed by atoms with Crippen LogP contribution in [-0.4, -0.2) is 35.6 Å². The smallest absolute Gasteiger partial charge is 0.272 e. The van der Waals surface area contributed by atoms with E-state index in [1.807, 2.05) is 0 Å². The van der Waals surface area contributed by atoms with Crippen molar-refractivity contribution in [2.24, 2.45) is 0 Å². The Morgan fingerprint density at radius 1 is 0.947 bits per heavy atom. The molecule has 19 heavy (non-hydrogen) atoms. The largest absolute Gasteiger partial charge is 0.288 e. The van der Waals surface area contributed by atoms with Crippen molar-refractivity contribution < 1.29 is 22.8 Å². The maximum absolute atomic E-state index is 12.2. The lowest BCUT2D eigenvalue weighted by Gasteiger charge is -2.23. The molecule has 2 aliphatic rings. The SMILES string of the molecule is O=C1CCC(=O)N1N1C(=O)c2ccccc2S1(=O)=O. The molecular weight excluding hydrogens is 272 g/mol. The third-order valence-corrected chi connectivity index (χ3v) is 4.70. The number of nitrogens with zero attached hydrogens (tertiary/aromatic N) is 2. The van der Waals surface area contributed by atoms with Gasteiger partial charge in [-0.25, -0.2) is 0 Å². The molecule has 0 bridgehead atoms. The van der Waals surface area contributed by atoms with Crippen LogP contribution in [-0.2, 0) is 19.6 Å². The average Bonchev–Trinajstić information content (AvgIpc) is 2.79. The van der Waals surface area contributed by atoms with Crippen LogP contribution in [0.15, 0.2) is 29.2 Å². The summed E-state index contributed by atoms with van der Waals surface area (Å²) in [6.45, 7) is 0. The van der Waals surface area contributed by atoms with Gasteiger partial charge < -0.3 is 0 Å². The van der Waals surface area contributed by atoms with Crippen LogP contribution in [0.4, 0.5) is 0 Å². The first-order valence-electron chi connectivity index (χ1n) is 5.49. The van der Waals surface area contributed by atoms with Crippen LogP contribution >= 0.6 is 0 Å². The van der Waals surface area contributed by atoms with Crippen molar-refractivity contribution in [3.05, 3.63) is 29.8 Å². The highest BCUT2D eigenvalue weighted by Gasteiger charge is 2.50. The number of carbonyl (C=O) groups is 3. The van der Waals surface area contributed by atoms with E-state index in [1.54, 1.807) is 0 Å². The van der Waals surface area contributed by atoms with Gasteiger partial charge >= 0.3 is 0 Å². The molecule has 0 radical (unpaired) electrons. The third kappa shape index (κ3) is 1.43. The van der Waals surface area contributed by atoms with E-state index in [9.17, 15) is 22.8 Å². The minimum Gasteiger partial charge on any atom is -0.272 e. The van der Waals surface area contributed by atoms with Gasteiger partial charge in [0.15, 0.2) is 0 Å². The van der Waals surface area contributed by atoms with Gasteiger partial charge in [-0.1, -0.05) is 12.1 Å². The van der Waals surface area contributed by atoms with E-state index in [4.69, 9.17) is 0 Å². The maximum Gasteiger partial charge on any atom is 0.288 e. The van der Waals surface area contributed by atoms with E-state index in [0.717, 1.165) is 0 Å². The van der Waals surface area contributed by atoms with Crippen molar-refractivity contribution in [1.82, 2.24) is 9.42 Å². The van der Waals surface area contributed by atoms with Crippen LogP contribution < -0.4 is 0 Å². The molecule has 1 saturated heterocycles. The van der Waals surface area contributed by atoms with Crippen molar-refractivity contribution in [1.29, 1.82) is 0 Å². The van der Waals surface area contributed by atoms with Crippen molar-refractivity contribution in [2.75, 3.05) is 0 Å². The van der Waals surface area contributed by atoms with Crippen molar-refractivity contribution in [2.45, 2.75) is 17.7 Å². The zero-order chi connectivity index (χ0) is 13.8. The Hall–Kier alpha value is -2.22. The highest BCUT2D eigenvalue weighted by atomic mass is 32.2. The summed E-state index contributed by atoms with van der Waals surface area (Å²) in [5, 5.41) is 0.428. The molecule has 2 aliphatic heterocycles. The minimum absolute atomic E-state index is 0.0324. The number of hydrazine groups is 1.